The van der Waals surface area contributed by atoms with Crippen molar-refractivity contribution >= 4 is 17.3 Å². The molecule has 1 aliphatic rings. The van der Waals surface area contributed by atoms with Crippen molar-refractivity contribution in [2.75, 3.05) is 20.1 Å². The predicted molar refractivity (Wildman–Crippen MR) is 70.5 cm³/mol. The Bertz CT molecular complexity index is 462. The van der Waals surface area contributed by atoms with Crippen LogP contribution in [0.15, 0.2) is 6.08 Å². The second kappa shape index (κ2) is 5.92. The minimum atomic E-state index is -3.18. The van der Waals surface area contributed by atoms with Crippen LogP contribution in [0.3, 0.4) is 0 Å². The maximum Gasteiger partial charge on any atom is 0.399 e. The van der Waals surface area contributed by atoms with Crippen molar-refractivity contribution in [1.82, 2.24) is 13.6 Å². The fourth-order valence-corrected chi connectivity index (χ4v) is 2.51. The molecule has 0 unspecified atom stereocenters. The molecule has 4 nitrogen and oxygen atoms in total. The highest BCUT2D eigenvalue weighted by atomic mass is 32.1. The Morgan fingerprint density at radius 3 is 2.95 bits per heavy atom. The Morgan fingerprint density at radius 1 is 1.47 bits per heavy atom. The molecule has 0 bridgehead atoms. The van der Waals surface area contributed by atoms with Crippen LogP contribution < -0.4 is 4.74 Å². The summed E-state index contributed by atoms with van der Waals surface area (Å²) in [7, 11) is 1.99. The third-order valence-electron chi connectivity index (χ3n) is 2.89. The molecule has 0 spiro atoms. The van der Waals surface area contributed by atoms with Crippen LogP contribution in [0.2, 0.25) is 0 Å². The van der Waals surface area contributed by atoms with Crippen molar-refractivity contribution in [2.24, 2.45) is 0 Å². The first-order valence-corrected chi connectivity index (χ1v) is 7.02. The number of hydrogen-bond acceptors (Lipinski definition) is 5. The molecule has 19 heavy (non-hydrogen) atoms. The van der Waals surface area contributed by atoms with Crippen LogP contribution in [-0.2, 0) is 0 Å². The molecule has 0 N–H and O–H groups in total. The summed E-state index contributed by atoms with van der Waals surface area (Å²) >= 11 is 0.902. The van der Waals surface area contributed by atoms with Crippen LogP contribution >= 0.6 is 11.7 Å². The molecule has 2 rings (SSSR count). The van der Waals surface area contributed by atoms with Gasteiger partial charge in [0.15, 0.2) is 0 Å². The minimum absolute atomic E-state index is 0.0509. The molecule has 1 aromatic heterocycles. The lowest BCUT2D eigenvalue weighted by Gasteiger charge is -2.22. The van der Waals surface area contributed by atoms with Crippen molar-refractivity contribution < 1.29 is 13.5 Å². The average Bonchev–Trinajstić information content (AvgIpc) is 2.76. The van der Waals surface area contributed by atoms with Gasteiger partial charge >= 0.3 is 6.11 Å². The Morgan fingerprint density at radius 2 is 2.26 bits per heavy atom. The van der Waals surface area contributed by atoms with E-state index in [9.17, 15) is 8.78 Å². The highest BCUT2D eigenvalue weighted by Crippen LogP contribution is 2.32. The SMILES string of the molecule is CCCC(F)(F)Oc1nsnc1C1=CCCN(C)C1. The Labute approximate surface area is 115 Å². The number of halogens is 2. The molecule has 0 amide bonds. The van der Waals surface area contributed by atoms with Gasteiger partial charge in [-0.2, -0.15) is 13.2 Å². The fourth-order valence-electron chi connectivity index (χ4n) is 1.99. The number of rotatable bonds is 5. The van der Waals surface area contributed by atoms with Gasteiger partial charge < -0.3 is 9.64 Å². The quantitative estimate of drug-likeness (QED) is 0.835. The highest BCUT2D eigenvalue weighted by Gasteiger charge is 2.33. The number of nitrogens with zero attached hydrogens (tertiary/aromatic N) is 3. The summed E-state index contributed by atoms with van der Waals surface area (Å²) in [5.41, 5.74) is 1.36. The monoisotopic (exact) mass is 289 g/mol. The average molecular weight is 289 g/mol. The van der Waals surface area contributed by atoms with E-state index < -0.39 is 6.11 Å². The van der Waals surface area contributed by atoms with E-state index in [0.717, 1.165) is 30.3 Å². The van der Waals surface area contributed by atoms with Crippen molar-refractivity contribution in [2.45, 2.75) is 32.3 Å². The van der Waals surface area contributed by atoms with Gasteiger partial charge in [0.25, 0.3) is 5.88 Å². The largest absolute Gasteiger partial charge is 0.411 e. The van der Waals surface area contributed by atoms with Gasteiger partial charge in [0.1, 0.15) is 5.69 Å². The van der Waals surface area contributed by atoms with Gasteiger partial charge in [-0.1, -0.05) is 13.0 Å². The summed E-state index contributed by atoms with van der Waals surface area (Å²) < 4.78 is 39.7. The molecule has 7 heteroatoms. The molecule has 1 aliphatic heterocycles. The molecule has 0 atom stereocenters. The number of likely N-dealkylation sites (N-methyl/N-ethyl adjacent to an activating group) is 1. The molecule has 0 fully saturated rings. The van der Waals surface area contributed by atoms with Gasteiger partial charge in [-0.05, 0) is 25.5 Å². The fraction of sp³-hybridized carbons (Fsp3) is 0.667. The zero-order valence-electron chi connectivity index (χ0n) is 11.0. The third-order valence-corrected chi connectivity index (χ3v) is 3.40. The zero-order chi connectivity index (χ0) is 13.9. The second-order valence-electron chi connectivity index (χ2n) is 4.66. The molecule has 1 aromatic rings. The number of alkyl halides is 2. The maximum atomic E-state index is 13.5. The topological polar surface area (TPSA) is 38.3 Å². The summed E-state index contributed by atoms with van der Waals surface area (Å²) in [6.45, 7) is 3.33. The molecular weight excluding hydrogens is 272 g/mol. The van der Waals surface area contributed by atoms with Gasteiger partial charge in [-0.3, -0.25) is 0 Å². The van der Waals surface area contributed by atoms with E-state index in [4.69, 9.17) is 4.74 Å². The maximum absolute atomic E-state index is 13.5. The summed E-state index contributed by atoms with van der Waals surface area (Å²) in [4.78, 5) is 2.11. The second-order valence-corrected chi connectivity index (χ2v) is 5.19. The van der Waals surface area contributed by atoms with Crippen LogP contribution in [0.25, 0.3) is 5.57 Å². The van der Waals surface area contributed by atoms with Crippen LogP contribution in [0.5, 0.6) is 5.88 Å². The van der Waals surface area contributed by atoms with Crippen LogP contribution in [0, 0.1) is 0 Å². The first-order chi connectivity index (χ1) is 9.02. The van der Waals surface area contributed by atoms with Crippen molar-refractivity contribution in [1.29, 1.82) is 0 Å². The van der Waals surface area contributed by atoms with Gasteiger partial charge in [0.2, 0.25) is 0 Å². The van der Waals surface area contributed by atoms with E-state index >= 15 is 0 Å². The lowest BCUT2D eigenvalue weighted by Crippen LogP contribution is -2.27. The zero-order valence-corrected chi connectivity index (χ0v) is 11.8. The number of hydrogen-bond donors (Lipinski definition) is 0. The normalized spacial score (nSPS) is 17.4. The molecule has 0 aliphatic carbocycles. The van der Waals surface area contributed by atoms with Gasteiger partial charge in [-0.15, -0.1) is 4.37 Å². The van der Waals surface area contributed by atoms with E-state index in [0.29, 0.717) is 18.7 Å². The molecule has 106 valence electrons. The van der Waals surface area contributed by atoms with Crippen molar-refractivity contribution in [3.8, 4) is 5.88 Å². The molecule has 0 saturated carbocycles. The van der Waals surface area contributed by atoms with Crippen LogP contribution in [-0.4, -0.2) is 39.9 Å². The first kappa shape index (κ1) is 14.3. The van der Waals surface area contributed by atoms with Crippen LogP contribution in [0.1, 0.15) is 31.9 Å². The minimum Gasteiger partial charge on any atom is -0.411 e. The lowest BCUT2D eigenvalue weighted by atomic mass is 10.1. The Kier molecular flexibility index (Phi) is 4.46. The lowest BCUT2D eigenvalue weighted by molar-refractivity contribution is -0.182. The smallest absolute Gasteiger partial charge is 0.399 e. The highest BCUT2D eigenvalue weighted by molar-refractivity contribution is 6.99. The summed E-state index contributed by atoms with van der Waals surface area (Å²) in [5, 5.41) is 0. The Hall–Kier alpha value is -1.08. The van der Waals surface area contributed by atoms with Crippen molar-refractivity contribution in [3.63, 3.8) is 0 Å². The Balaban J connectivity index is 2.16. The predicted octanol–water partition coefficient (Wildman–Crippen LogP) is 3.03. The molecule has 0 saturated heterocycles. The number of ether oxygens (including phenoxy) is 1. The van der Waals surface area contributed by atoms with E-state index in [1.165, 1.54) is 0 Å². The van der Waals surface area contributed by atoms with Gasteiger partial charge in [0.05, 0.1) is 18.1 Å². The third kappa shape index (κ3) is 3.70. The van der Waals surface area contributed by atoms with E-state index in [1.807, 2.05) is 13.1 Å². The number of aromatic nitrogens is 2. The first-order valence-electron chi connectivity index (χ1n) is 6.29. The molecule has 0 radical (unpaired) electrons. The molecular formula is C12H17F2N3OS. The summed E-state index contributed by atoms with van der Waals surface area (Å²) in [6, 6.07) is 0. The van der Waals surface area contributed by atoms with E-state index in [2.05, 4.69) is 13.6 Å². The van der Waals surface area contributed by atoms with Crippen molar-refractivity contribution in [3.05, 3.63) is 11.8 Å². The summed E-state index contributed by atoms with van der Waals surface area (Å²) in [5.74, 6) is -0.0509. The van der Waals surface area contributed by atoms with Gasteiger partial charge in [-0.25, -0.2) is 0 Å². The molecule has 2 heterocycles. The van der Waals surface area contributed by atoms with E-state index in [-0.39, 0.29) is 12.3 Å². The van der Waals surface area contributed by atoms with E-state index in [1.54, 1.807) is 6.92 Å². The van der Waals surface area contributed by atoms with Gasteiger partial charge in [0, 0.05) is 13.1 Å². The summed E-state index contributed by atoms with van der Waals surface area (Å²) in [6.07, 6.45) is -0.246. The molecule has 0 aromatic carbocycles. The van der Waals surface area contributed by atoms with Crippen LogP contribution in [0.4, 0.5) is 8.78 Å². The standard InChI is InChI=1S/C12H17F2N3OS/c1-3-6-12(13,14)18-11-10(15-19-16-11)9-5-4-7-17(2)8-9/h5H,3-4,6-8H2,1-2H3.